The van der Waals surface area contributed by atoms with Gasteiger partial charge in [-0.2, -0.15) is 0 Å². The number of benzene rings is 3. The first-order valence-electron chi connectivity index (χ1n) is 10.5. The van der Waals surface area contributed by atoms with Gasteiger partial charge in [0.25, 0.3) is 15.9 Å². The first kappa shape index (κ1) is 21.6. The predicted molar refractivity (Wildman–Crippen MR) is 126 cm³/mol. The standard InChI is InChI=1S/C24H21ClN2O5S/c25-18-4-7-20(8-5-18)33(29,30)27-11-1-2-16-14-17(3-9-21(16)27)24(28)26-19-6-10-22-23(15-19)32-13-12-31-22/h3-10,14-15H,1-2,11-13H2,(H,26,28). The Bertz CT molecular complexity index is 1330. The maximum Gasteiger partial charge on any atom is 0.264 e. The Balaban J connectivity index is 1.39. The average molecular weight is 485 g/mol. The molecule has 2 heterocycles. The van der Waals surface area contributed by atoms with Crippen LogP contribution in [0.2, 0.25) is 5.02 Å². The zero-order valence-corrected chi connectivity index (χ0v) is 19.2. The number of hydrogen-bond donors (Lipinski definition) is 1. The molecule has 0 aliphatic carbocycles. The lowest BCUT2D eigenvalue weighted by atomic mass is 10.0. The van der Waals surface area contributed by atoms with Crippen molar-refractivity contribution in [1.29, 1.82) is 0 Å². The number of ether oxygens (including phenoxy) is 2. The molecule has 0 atom stereocenters. The highest BCUT2D eigenvalue weighted by Crippen LogP contribution is 2.34. The first-order valence-corrected chi connectivity index (χ1v) is 12.4. The molecule has 0 radical (unpaired) electrons. The molecule has 2 aliphatic heterocycles. The van der Waals surface area contributed by atoms with E-state index in [1.807, 2.05) is 0 Å². The molecule has 0 bridgehead atoms. The Labute approximate surface area is 196 Å². The van der Waals surface area contributed by atoms with Crippen molar-refractivity contribution >= 4 is 38.9 Å². The number of nitrogens with zero attached hydrogens (tertiary/aromatic N) is 1. The van der Waals surface area contributed by atoms with Crippen LogP contribution in [0.5, 0.6) is 11.5 Å². The van der Waals surface area contributed by atoms with Gasteiger partial charge in [0.1, 0.15) is 13.2 Å². The molecule has 2 aliphatic rings. The number of rotatable bonds is 4. The van der Waals surface area contributed by atoms with E-state index in [9.17, 15) is 13.2 Å². The highest BCUT2D eigenvalue weighted by Gasteiger charge is 2.29. The summed E-state index contributed by atoms with van der Waals surface area (Å²) < 4.78 is 38.9. The Kier molecular flexibility index (Phi) is 5.64. The molecular weight excluding hydrogens is 464 g/mol. The summed E-state index contributed by atoms with van der Waals surface area (Å²) in [5.74, 6) is 0.953. The van der Waals surface area contributed by atoms with Crippen LogP contribution < -0.4 is 19.1 Å². The Morgan fingerprint density at radius 3 is 2.48 bits per heavy atom. The molecule has 1 N–H and O–H groups in total. The Morgan fingerprint density at radius 2 is 1.70 bits per heavy atom. The van der Waals surface area contributed by atoms with Crippen molar-refractivity contribution in [3.8, 4) is 11.5 Å². The van der Waals surface area contributed by atoms with E-state index in [1.54, 1.807) is 48.5 Å². The summed E-state index contributed by atoms with van der Waals surface area (Å²) in [5.41, 5.74) is 2.45. The van der Waals surface area contributed by atoms with Crippen molar-refractivity contribution in [3.63, 3.8) is 0 Å². The molecule has 0 saturated heterocycles. The number of nitrogens with one attached hydrogen (secondary N) is 1. The molecule has 0 aromatic heterocycles. The minimum absolute atomic E-state index is 0.181. The van der Waals surface area contributed by atoms with E-state index in [2.05, 4.69) is 5.32 Å². The highest BCUT2D eigenvalue weighted by atomic mass is 35.5. The van der Waals surface area contributed by atoms with Crippen LogP contribution in [-0.2, 0) is 16.4 Å². The SMILES string of the molecule is O=C(Nc1ccc2c(c1)OCCO2)c1ccc2c(c1)CCCN2S(=O)(=O)c1ccc(Cl)cc1. The van der Waals surface area contributed by atoms with Crippen molar-refractivity contribution in [2.24, 2.45) is 0 Å². The summed E-state index contributed by atoms with van der Waals surface area (Å²) in [6.45, 7) is 1.34. The second-order valence-corrected chi connectivity index (χ2v) is 10.1. The van der Waals surface area contributed by atoms with Gasteiger partial charge in [-0.15, -0.1) is 0 Å². The summed E-state index contributed by atoms with van der Waals surface area (Å²) in [6.07, 6.45) is 1.35. The molecule has 0 spiro atoms. The van der Waals surface area contributed by atoms with E-state index < -0.39 is 10.0 Å². The number of aryl methyl sites for hydroxylation is 1. The van der Waals surface area contributed by atoms with E-state index in [-0.39, 0.29) is 10.8 Å². The third kappa shape index (κ3) is 4.24. The summed E-state index contributed by atoms with van der Waals surface area (Å²) >= 11 is 5.91. The zero-order valence-electron chi connectivity index (χ0n) is 17.6. The Hall–Kier alpha value is -3.23. The number of hydrogen-bond acceptors (Lipinski definition) is 5. The molecule has 0 fully saturated rings. The molecule has 1 amide bonds. The lowest BCUT2D eigenvalue weighted by molar-refractivity contribution is 0.102. The van der Waals surface area contributed by atoms with Crippen LogP contribution in [0.4, 0.5) is 11.4 Å². The fraction of sp³-hybridized carbons (Fsp3) is 0.208. The van der Waals surface area contributed by atoms with Crippen molar-refractivity contribution in [1.82, 2.24) is 0 Å². The Morgan fingerprint density at radius 1 is 0.939 bits per heavy atom. The smallest absolute Gasteiger partial charge is 0.264 e. The van der Waals surface area contributed by atoms with Gasteiger partial charge in [-0.3, -0.25) is 9.10 Å². The first-order chi connectivity index (χ1) is 15.9. The topological polar surface area (TPSA) is 84.9 Å². The van der Waals surface area contributed by atoms with E-state index in [4.69, 9.17) is 21.1 Å². The number of sulfonamides is 1. The lowest BCUT2D eigenvalue weighted by Gasteiger charge is -2.30. The highest BCUT2D eigenvalue weighted by molar-refractivity contribution is 7.92. The average Bonchev–Trinajstić information content (AvgIpc) is 2.83. The second-order valence-electron chi connectivity index (χ2n) is 7.79. The molecule has 7 nitrogen and oxygen atoms in total. The van der Waals surface area contributed by atoms with Gasteiger partial charge in [-0.25, -0.2) is 8.42 Å². The maximum atomic E-state index is 13.2. The van der Waals surface area contributed by atoms with Crippen LogP contribution in [0.3, 0.4) is 0 Å². The van der Waals surface area contributed by atoms with Crippen molar-refractivity contribution < 1.29 is 22.7 Å². The molecule has 0 saturated carbocycles. The van der Waals surface area contributed by atoms with E-state index in [1.165, 1.54) is 16.4 Å². The summed E-state index contributed by atoms with van der Waals surface area (Å²) in [5, 5.41) is 3.34. The minimum atomic E-state index is -3.73. The quantitative estimate of drug-likeness (QED) is 0.589. The van der Waals surface area contributed by atoms with Gasteiger partial charge in [0.2, 0.25) is 0 Å². The van der Waals surface area contributed by atoms with E-state index in [0.717, 1.165) is 5.56 Å². The number of carbonyl (C=O) groups excluding carboxylic acids is 1. The lowest BCUT2D eigenvalue weighted by Crippen LogP contribution is -2.35. The summed E-state index contributed by atoms with van der Waals surface area (Å²) in [7, 11) is -3.73. The molecule has 170 valence electrons. The molecule has 3 aromatic rings. The number of amides is 1. The van der Waals surface area contributed by atoms with Crippen LogP contribution in [0.25, 0.3) is 0 Å². The van der Waals surface area contributed by atoms with Gasteiger partial charge in [0.05, 0.1) is 10.6 Å². The normalized spacial score (nSPS) is 15.0. The van der Waals surface area contributed by atoms with E-state index >= 15 is 0 Å². The van der Waals surface area contributed by atoms with Crippen LogP contribution in [0.15, 0.2) is 65.6 Å². The molecule has 0 unspecified atom stereocenters. The largest absolute Gasteiger partial charge is 0.486 e. The van der Waals surface area contributed by atoms with Crippen molar-refractivity contribution in [2.75, 3.05) is 29.4 Å². The van der Waals surface area contributed by atoms with Crippen LogP contribution >= 0.6 is 11.6 Å². The third-order valence-electron chi connectivity index (χ3n) is 5.62. The van der Waals surface area contributed by atoms with Gasteiger partial charge in [-0.1, -0.05) is 11.6 Å². The van der Waals surface area contributed by atoms with Gasteiger partial charge in [0, 0.05) is 28.9 Å². The van der Waals surface area contributed by atoms with Crippen molar-refractivity contribution in [3.05, 3.63) is 76.8 Å². The molecule has 9 heteroatoms. The van der Waals surface area contributed by atoms with Gasteiger partial charge in [-0.05, 0) is 73.0 Å². The van der Waals surface area contributed by atoms with Crippen LogP contribution in [0, 0.1) is 0 Å². The van der Waals surface area contributed by atoms with Crippen LogP contribution in [-0.4, -0.2) is 34.1 Å². The molecular formula is C24H21ClN2O5S. The fourth-order valence-corrected chi connectivity index (χ4v) is 5.68. The monoisotopic (exact) mass is 484 g/mol. The third-order valence-corrected chi connectivity index (χ3v) is 7.70. The van der Waals surface area contributed by atoms with Gasteiger partial charge in [0.15, 0.2) is 11.5 Å². The second kappa shape index (κ2) is 8.61. The predicted octanol–water partition coefficient (Wildman–Crippen LogP) is 4.51. The minimum Gasteiger partial charge on any atom is -0.486 e. The fourth-order valence-electron chi connectivity index (χ4n) is 4.01. The number of fused-ring (bicyclic) bond motifs is 2. The summed E-state index contributed by atoms with van der Waals surface area (Å²) in [4.78, 5) is 13.1. The van der Waals surface area contributed by atoms with Crippen molar-refractivity contribution in [2.45, 2.75) is 17.7 Å². The zero-order chi connectivity index (χ0) is 23.0. The van der Waals surface area contributed by atoms with Gasteiger partial charge >= 0.3 is 0 Å². The number of carbonyl (C=O) groups is 1. The number of halogens is 1. The molecule has 33 heavy (non-hydrogen) atoms. The van der Waals surface area contributed by atoms with Crippen LogP contribution in [0.1, 0.15) is 22.3 Å². The van der Waals surface area contributed by atoms with E-state index in [0.29, 0.717) is 66.1 Å². The summed E-state index contributed by atoms with van der Waals surface area (Å²) in [6, 6.07) is 16.5. The number of anilines is 2. The molecule has 5 rings (SSSR count). The maximum absolute atomic E-state index is 13.2. The van der Waals surface area contributed by atoms with Gasteiger partial charge < -0.3 is 14.8 Å². The molecule has 3 aromatic carbocycles.